The van der Waals surface area contributed by atoms with Gasteiger partial charge in [-0.3, -0.25) is 9.59 Å². The maximum absolute atomic E-state index is 12.4. The Bertz CT molecular complexity index is 486. The monoisotopic (exact) mass is 278 g/mol. The summed E-state index contributed by atoms with van der Waals surface area (Å²) in [6.07, 6.45) is 0. The van der Waals surface area contributed by atoms with Gasteiger partial charge in [-0.15, -0.1) is 0 Å². The number of methoxy groups -OCH3 is 1. The van der Waals surface area contributed by atoms with E-state index in [0.717, 1.165) is 5.56 Å². The van der Waals surface area contributed by atoms with E-state index in [1.165, 1.54) is 4.90 Å². The van der Waals surface area contributed by atoms with Gasteiger partial charge in [0.2, 0.25) is 5.91 Å². The third-order valence-corrected chi connectivity index (χ3v) is 3.03. The lowest BCUT2D eigenvalue weighted by molar-refractivity contribution is -0.121. The molecule has 2 amide bonds. The number of hydrogen-bond acceptors (Lipinski definition) is 3. The van der Waals surface area contributed by atoms with Gasteiger partial charge in [-0.05, 0) is 38.5 Å². The van der Waals surface area contributed by atoms with Crippen molar-refractivity contribution in [3.8, 4) is 5.75 Å². The van der Waals surface area contributed by atoms with Crippen molar-refractivity contribution in [3.63, 3.8) is 0 Å². The third-order valence-electron chi connectivity index (χ3n) is 3.03. The number of nitrogens with zero attached hydrogens (tertiary/aromatic N) is 1. The van der Waals surface area contributed by atoms with Crippen molar-refractivity contribution >= 4 is 11.8 Å². The first kappa shape index (κ1) is 16.0. The minimum absolute atomic E-state index is 0.0688. The van der Waals surface area contributed by atoms with Crippen molar-refractivity contribution in [1.82, 2.24) is 10.2 Å². The number of nitrogens with one attached hydrogen (secondary N) is 1. The molecule has 5 nitrogen and oxygen atoms in total. The molecule has 0 aliphatic rings. The summed E-state index contributed by atoms with van der Waals surface area (Å²) in [4.78, 5) is 25.5. The molecule has 0 aromatic heterocycles. The largest absolute Gasteiger partial charge is 0.496 e. The summed E-state index contributed by atoms with van der Waals surface area (Å²) in [5, 5.41) is 2.69. The van der Waals surface area contributed by atoms with E-state index >= 15 is 0 Å². The van der Waals surface area contributed by atoms with Crippen molar-refractivity contribution in [2.75, 3.05) is 26.7 Å². The first-order valence-corrected chi connectivity index (χ1v) is 6.74. The molecule has 0 fully saturated rings. The minimum Gasteiger partial charge on any atom is -0.496 e. The van der Waals surface area contributed by atoms with Crippen LogP contribution >= 0.6 is 0 Å². The number of hydrogen-bond donors (Lipinski definition) is 1. The number of amides is 2. The zero-order valence-electron chi connectivity index (χ0n) is 12.5. The van der Waals surface area contributed by atoms with Crippen molar-refractivity contribution in [1.29, 1.82) is 0 Å². The Balaban J connectivity index is 2.88. The maximum Gasteiger partial charge on any atom is 0.254 e. The highest BCUT2D eigenvalue weighted by Crippen LogP contribution is 2.19. The zero-order chi connectivity index (χ0) is 15.1. The molecule has 0 unspecified atom stereocenters. The van der Waals surface area contributed by atoms with Gasteiger partial charge in [0, 0.05) is 18.7 Å². The van der Waals surface area contributed by atoms with Crippen LogP contribution in [0.1, 0.15) is 29.8 Å². The van der Waals surface area contributed by atoms with Crippen molar-refractivity contribution in [2.45, 2.75) is 20.8 Å². The predicted octanol–water partition coefficient (Wildman–Crippen LogP) is 1.60. The van der Waals surface area contributed by atoms with Gasteiger partial charge in [-0.1, -0.05) is 6.07 Å². The zero-order valence-corrected chi connectivity index (χ0v) is 12.5. The second-order valence-electron chi connectivity index (χ2n) is 4.46. The molecule has 0 aliphatic heterocycles. The van der Waals surface area contributed by atoms with E-state index in [4.69, 9.17) is 4.74 Å². The van der Waals surface area contributed by atoms with Crippen LogP contribution in [0.3, 0.4) is 0 Å². The Kier molecular flexibility index (Phi) is 6.03. The molecule has 0 atom stereocenters. The van der Waals surface area contributed by atoms with E-state index in [9.17, 15) is 9.59 Å². The highest BCUT2D eigenvalue weighted by molar-refractivity contribution is 5.97. The molecular formula is C15H22N2O3. The normalized spacial score (nSPS) is 10.0. The van der Waals surface area contributed by atoms with Crippen LogP contribution in [0, 0.1) is 6.92 Å². The predicted molar refractivity (Wildman–Crippen MR) is 78.0 cm³/mol. The SMILES string of the molecule is CCNC(=O)CN(CC)C(=O)c1ccc(C)c(OC)c1. The van der Waals surface area contributed by atoms with E-state index in [1.54, 1.807) is 19.2 Å². The fourth-order valence-corrected chi connectivity index (χ4v) is 1.89. The van der Waals surface area contributed by atoms with Gasteiger partial charge in [0.15, 0.2) is 0 Å². The van der Waals surface area contributed by atoms with Crippen LogP contribution < -0.4 is 10.1 Å². The van der Waals surface area contributed by atoms with Crippen LogP contribution in [0.5, 0.6) is 5.75 Å². The molecule has 20 heavy (non-hydrogen) atoms. The van der Waals surface area contributed by atoms with Crippen LogP contribution in [0.25, 0.3) is 0 Å². The molecule has 0 aliphatic carbocycles. The summed E-state index contributed by atoms with van der Waals surface area (Å²) in [6.45, 7) is 6.72. The lowest BCUT2D eigenvalue weighted by Gasteiger charge is -2.20. The third kappa shape index (κ3) is 3.98. The van der Waals surface area contributed by atoms with Crippen molar-refractivity contribution in [3.05, 3.63) is 29.3 Å². The molecule has 1 rings (SSSR count). The lowest BCUT2D eigenvalue weighted by atomic mass is 10.1. The van der Waals surface area contributed by atoms with Gasteiger partial charge in [-0.25, -0.2) is 0 Å². The van der Waals surface area contributed by atoms with Gasteiger partial charge in [0.1, 0.15) is 5.75 Å². The van der Waals surface area contributed by atoms with E-state index in [1.807, 2.05) is 26.8 Å². The molecule has 0 saturated carbocycles. The average molecular weight is 278 g/mol. The van der Waals surface area contributed by atoms with Crippen LogP contribution in [-0.2, 0) is 4.79 Å². The Hall–Kier alpha value is -2.04. The number of aryl methyl sites for hydroxylation is 1. The number of ether oxygens (including phenoxy) is 1. The average Bonchev–Trinajstić information content (AvgIpc) is 2.45. The number of benzene rings is 1. The molecular weight excluding hydrogens is 256 g/mol. The Morgan fingerprint density at radius 3 is 2.55 bits per heavy atom. The van der Waals surface area contributed by atoms with Crippen molar-refractivity contribution < 1.29 is 14.3 Å². The van der Waals surface area contributed by atoms with Gasteiger partial charge >= 0.3 is 0 Å². The van der Waals surface area contributed by atoms with Crippen molar-refractivity contribution in [2.24, 2.45) is 0 Å². The molecule has 0 saturated heterocycles. The first-order chi connectivity index (χ1) is 9.53. The highest BCUT2D eigenvalue weighted by Gasteiger charge is 2.17. The van der Waals surface area contributed by atoms with E-state index in [0.29, 0.717) is 24.4 Å². The van der Waals surface area contributed by atoms with Crippen LogP contribution in [0.4, 0.5) is 0 Å². The summed E-state index contributed by atoms with van der Waals surface area (Å²) in [7, 11) is 1.57. The second-order valence-corrected chi connectivity index (χ2v) is 4.46. The number of carbonyl (C=O) groups excluding carboxylic acids is 2. The fraction of sp³-hybridized carbons (Fsp3) is 0.467. The minimum atomic E-state index is -0.169. The Morgan fingerprint density at radius 2 is 2.00 bits per heavy atom. The highest BCUT2D eigenvalue weighted by atomic mass is 16.5. The Morgan fingerprint density at radius 1 is 1.30 bits per heavy atom. The molecule has 1 N–H and O–H groups in total. The van der Waals surface area contributed by atoms with E-state index in [-0.39, 0.29) is 18.4 Å². The summed E-state index contributed by atoms with van der Waals surface area (Å²) in [6, 6.07) is 5.30. The number of rotatable bonds is 6. The van der Waals surface area contributed by atoms with E-state index in [2.05, 4.69) is 5.32 Å². The molecule has 0 bridgehead atoms. The first-order valence-electron chi connectivity index (χ1n) is 6.74. The van der Waals surface area contributed by atoms with Gasteiger partial charge in [-0.2, -0.15) is 0 Å². The quantitative estimate of drug-likeness (QED) is 0.860. The fourth-order valence-electron chi connectivity index (χ4n) is 1.89. The smallest absolute Gasteiger partial charge is 0.254 e. The van der Waals surface area contributed by atoms with Gasteiger partial charge in [0.25, 0.3) is 5.91 Å². The molecule has 5 heteroatoms. The topological polar surface area (TPSA) is 58.6 Å². The molecule has 0 radical (unpaired) electrons. The van der Waals surface area contributed by atoms with E-state index < -0.39 is 0 Å². The molecule has 0 heterocycles. The summed E-state index contributed by atoms with van der Waals surface area (Å²) in [5.74, 6) is 0.351. The van der Waals surface area contributed by atoms with Crippen LogP contribution in [0.2, 0.25) is 0 Å². The number of carbonyl (C=O) groups is 2. The molecule has 1 aromatic carbocycles. The molecule has 1 aromatic rings. The summed E-state index contributed by atoms with van der Waals surface area (Å²) >= 11 is 0. The summed E-state index contributed by atoms with van der Waals surface area (Å²) < 4.78 is 5.22. The van der Waals surface area contributed by atoms with Gasteiger partial charge < -0.3 is 15.0 Å². The molecule has 110 valence electrons. The maximum atomic E-state index is 12.4. The molecule has 0 spiro atoms. The van der Waals surface area contributed by atoms with Crippen LogP contribution in [0.15, 0.2) is 18.2 Å². The van der Waals surface area contributed by atoms with Gasteiger partial charge in [0.05, 0.1) is 13.7 Å². The standard InChI is InChI=1S/C15H22N2O3/c1-5-16-14(18)10-17(6-2)15(19)12-8-7-11(3)13(9-12)20-4/h7-9H,5-6,10H2,1-4H3,(H,16,18). The number of likely N-dealkylation sites (N-methyl/N-ethyl adjacent to an activating group) is 2. The lowest BCUT2D eigenvalue weighted by Crippen LogP contribution is -2.40. The van der Waals surface area contributed by atoms with Crippen LogP contribution in [-0.4, -0.2) is 43.5 Å². The Labute approximate surface area is 119 Å². The second kappa shape index (κ2) is 7.53. The summed E-state index contributed by atoms with van der Waals surface area (Å²) in [5.41, 5.74) is 1.49.